The Bertz CT molecular complexity index is 598. The van der Waals surface area contributed by atoms with Gasteiger partial charge >= 0.3 is 0 Å². The van der Waals surface area contributed by atoms with Gasteiger partial charge in [-0.1, -0.05) is 19.1 Å². The first kappa shape index (κ1) is 14.8. The average Bonchev–Trinajstić information content (AvgIpc) is 2.96. The summed E-state index contributed by atoms with van der Waals surface area (Å²) in [5.74, 6) is -0.316. The maximum Gasteiger partial charge on any atom is 0.180 e. The molecule has 2 fully saturated rings. The van der Waals surface area contributed by atoms with E-state index in [4.69, 9.17) is 9.47 Å². The van der Waals surface area contributed by atoms with E-state index in [1.807, 2.05) is 12.1 Å². The fourth-order valence-corrected chi connectivity index (χ4v) is 4.12. The molecule has 0 atom stereocenters. The Balaban J connectivity index is 1.83. The van der Waals surface area contributed by atoms with Crippen molar-refractivity contribution in [1.29, 1.82) is 0 Å². The number of benzene rings is 1. The van der Waals surface area contributed by atoms with E-state index in [1.165, 1.54) is 0 Å². The maximum atomic E-state index is 12.2. The first-order valence-corrected chi connectivity index (χ1v) is 9.06. The van der Waals surface area contributed by atoms with Gasteiger partial charge in [0.05, 0.1) is 29.5 Å². The molecule has 3 rings (SSSR count). The van der Waals surface area contributed by atoms with Gasteiger partial charge in [0.2, 0.25) is 0 Å². The van der Waals surface area contributed by atoms with Crippen LogP contribution in [-0.2, 0) is 19.3 Å². The predicted octanol–water partition coefficient (Wildman–Crippen LogP) is 1.82. The van der Waals surface area contributed by atoms with Crippen LogP contribution in [0.1, 0.15) is 19.8 Å². The summed E-state index contributed by atoms with van der Waals surface area (Å²) in [6, 6.07) is 7.25. The van der Waals surface area contributed by atoms with Crippen molar-refractivity contribution in [1.82, 2.24) is 0 Å². The lowest BCUT2D eigenvalue weighted by molar-refractivity contribution is -0.169. The molecule has 0 aliphatic carbocycles. The zero-order valence-electron chi connectivity index (χ0n) is 12.2. The van der Waals surface area contributed by atoms with E-state index in [0.717, 1.165) is 31.6 Å². The molecular weight excluding hydrogens is 290 g/mol. The van der Waals surface area contributed by atoms with Crippen LogP contribution in [0.3, 0.4) is 0 Å². The smallest absolute Gasteiger partial charge is 0.180 e. The number of piperidine rings is 1. The quantitative estimate of drug-likeness (QED) is 0.852. The third-order valence-electron chi connectivity index (χ3n) is 4.26. The van der Waals surface area contributed by atoms with Gasteiger partial charge in [-0.15, -0.1) is 0 Å². The lowest BCUT2D eigenvalue weighted by Crippen LogP contribution is -2.45. The summed E-state index contributed by atoms with van der Waals surface area (Å²) in [5, 5.41) is 0. The van der Waals surface area contributed by atoms with Gasteiger partial charge in [0.1, 0.15) is 0 Å². The Morgan fingerprint density at radius 3 is 2.38 bits per heavy atom. The van der Waals surface area contributed by atoms with Gasteiger partial charge in [-0.2, -0.15) is 0 Å². The van der Waals surface area contributed by atoms with Crippen LogP contribution in [0.2, 0.25) is 0 Å². The highest BCUT2D eigenvalue weighted by Crippen LogP contribution is 2.35. The molecule has 0 radical (unpaired) electrons. The Hall–Kier alpha value is -1.11. The van der Waals surface area contributed by atoms with E-state index >= 15 is 0 Å². The third kappa shape index (κ3) is 2.80. The van der Waals surface area contributed by atoms with Gasteiger partial charge in [0.15, 0.2) is 15.6 Å². The van der Waals surface area contributed by atoms with Gasteiger partial charge in [-0.05, 0) is 12.1 Å². The van der Waals surface area contributed by atoms with E-state index in [2.05, 4.69) is 4.90 Å². The van der Waals surface area contributed by atoms with Gasteiger partial charge < -0.3 is 14.4 Å². The van der Waals surface area contributed by atoms with Crippen molar-refractivity contribution in [3.8, 4) is 0 Å². The van der Waals surface area contributed by atoms with Gasteiger partial charge in [-0.25, -0.2) is 8.42 Å². The fraction of sp³-hybridized carbons (Fsp3) is 0.600. The van der Waals surface area contributed by atoms with E-state index in [1.54, 1.807) is 19.1 Å². The summed E-state index contributed by atoms with van der Waals surface area (Å²) in [6.45, 7) is 4.48. The highest BCUT2D eigenvalue weighted by Gasteiger charge is 2.40. The Labute approximate surface area is 125 Å². The molecule has 1 spiro atoms. The maximum absolute atomic E-state index is 12.2. The first-order chi connectivity index (χ1) is 10.1. The van der Waals surface area contributed by atoms with Gasteiger partial charge in [0.25, 0.3) is 0 Å². The molecule has 2 aliphatic rings. The standard InChI is InChI=1S/C15H21NO4S/c1-2-21(17,18)14-6-4-3-5-13(14)16-9-7-15(8-10-16)19-11-12-20-15/h3-6H,2,7-12H2,1H3. The molecule has 0 N–H and O–H groups in total. The molecule has 21 heavy (non-hydrogen) atoms. The minimum Gasteiger partial charge on any atom is -0.370 e. The normalized spacial score (nSPS) is 21.9. The van der Waals surface area contributed by atoms with Crippen LogP contribution in [0.4, 0.5) is 5.69 Å². The molecule has 6 heteroatoms. The summed E-state index contributed by atoms with van der Waals surface area (Å²) in [5.41, 5.74) is 0.798. The van der Waals surface area contributed by atoms with E-state index in [9.17, 15) is 8.42 Å². The van der Waals surface area contributed by atoms with Crippen molar-refractivity contribution in [2.24, 2.45) is 0 Å². The van der Waals surface area contributed by atoms with Crippen molar-refractivity contribution in [3.63, 3.8) is 0 Å². The Morgan fingerprint density at radius 2 is 1.76 bits per heavy atom. The number of ether oxygens (including phenoxy) is 2. The third-order valence-corrected chi connectivity index (χ3v) is 6.04. The van der Waals surface area contributed by atoms with Crippen LogP contribution in [0.5, 0.6) is 0 Å². The average molecular weight is 311 g/mol. The summed E-state index contributed by atoms with van der Waals surface area (Å²) in [4.78, 5) is 2.55. The van der Waals surface area contributed by atoms with Crippen molar-refractivity contribution >= 4 is 15.5 Å². The van der Waals surface area contributed by atoms with Gasteiger partial charge in [-0.3, -0.25) is 0 Å². The van der Waals surface area contributed by atoms with E-state index in [0.29, 0.717) is 18.1 Å². The number of para-hydroxylation sites is 1. The summed E-state index contributed by atoms with van der Waals surface area (Å²) in [6.07, 6.45) is 1.54. The molecule has 0 aromatic heterocycles. The number of hydrogen-bond acceptors (Lipinski definition) is 5. The zero-order chi connectivity index (χ0) is 14.9. The molecule has 2 saturated heterocycles. The van der Waals surface area contributed by atoms with Crippen LogP contribution in [0, 0.1) is 0 Å². The topological polar surface area (TPSA) is 55.8 Å². The molecular formula is C15H21NO4S. The summed E-state index contributed by atoms with van der Waals surface area (Å²) < 4.78 is 35.9. The van der Waals surface area contributed by atoms with E-state index in [-0.39, 0.29) is 5.75 Å². The predicted molar refractivity (Wildman–Crippen MR) is 80.3 cm³/mol. The number of anilines is 1. The Morgan fingerprint density at radius 1 is 1.14 bits per heavy atom. The SMILES string of the molecule is CCS(=O)(=O)c1ccccc1N1CCC2(CC1)OCCO2. The molecule has 0 unspecified atom stereocenters. The minimum absolute atomic E-state index is 0.119. The number of nitrogens with zero attached hydrogens (tertiary/aromatic N) is 1. The largest absolute Gasteiger partial charge is 0.370 e. The molecule has 0 amide bonds. The van der Waals surface area contributed by atoms with Crippen LogP contribution >= 0.6 is 0 Å². The van der Waals surface area contributed by atoms with Crippen molar-refractivity contribution in [2.75, 3.05) is 37.0 Å². The molecule has 1 aromatic carbocycles. The summed E-state index contributed by atoms with van der Waals surface area (Å²) in [7, 11) is -3.21. The lowest BCUT2D eigenvalue weighted by atomic mass is 10.0. The number of sulfone groups is 1. The van der Waals surface area contributed by atoms with Crippen LogP contribution < -0.4 is 4.90 Å². The molecule has 116 valence electrons. The van der Waals surface area contributed by atoms with Crippen molar-refractivity contribution < 1.29 is 17.9 Å². The molecule has 5 nitrogen and oxygen atoms in total. The van der Waals surface area contributed by atoms with Gasteiger partial charge in [0, 0.05) is 25.9 Å². The monoisotopic (exact) mass is 311 g/mol. The molecule has 1 aromatic rings. The lowest BCUT2D eigenvalue weighted by Gasteiger charge is -2.39. The van der Waals surface area contributed by atoms with Crippen LogP contribution in [0.15, 0.2) is 29.2 Å². The van der Waals surface area contributed by atoms with E-state index < -0.39 is 15.6 Å². The minimum atomic E-state index is -3.21. The second-order valence-corrected chi connectivity index (χ2v) is 7.71. The molecule has 2 heterocycles. The molecule has 2 aliphatic heterocycles. The second-order valence-electron chi connectivity index (χ2n) is 5.47. The highest BCUT2D eigenvalue weighted by molar-refractivity contribution is 7.91. The molecule has 0 saturated carbocycles. The molecule has 0 bridgehead atoms. The number of hydrogen-bond donors (Lipinski definition) is 0. The zero-order valence-corrected chi connectivity index (χ0v) is 13.1. The fourth-order valence-electron chi connectivity index (χ4n) is 3.01. The highest BCUT2D eigenvalue weighted by atomic mass is 32.2. The first-order valence-electron chi connectivity index (χ1n) is 7.41. The van der Waals surface area contributed by atoms with Crippen molar-refractivity contribution in [2.45, 2.75) is 30.4 Å². The van der Waals surface area contributed by atoms with Crippen LogP contribution in [-0.4, -0.2) is 46.3 Å². The Kier molecular flexibility index (Phi) is 3.94. The number of rotatable bonds is 3. The second kappa shape index (κ2) is 5.59. The summed E-state index contributed by atoms with van der Waals surface area (Å²) >= 11 is 0. The van der Waals surface area contributed by atoms with Crippen molar-refractivity contribution in [3.05, 3.63) is 24.3 Å². The van der Waals surface area contributed by atoms with Crippen LogP contribution in [0.25, 0.3) is 0 Å².